The molecular formula is C9H13Cl2N3OS. The van der Waals surface area contributed by atoms with Crippen LogP contribution < -0.4 is 11.3 Å². The maximum atomic E-state index is 8.81. The van der Waals surface area contributed by atoms with Crippen molar-refractivity contribution in [1.29, 1.82) is 0 Å². The maximum Gasteiger partial charge on any atom is 0.160 e. The van der Waals surface area contributed by atoms with Gasteiger partial charge in [0.25, 0.3) is 0 Å². The summed E-state index contributed by atoms with van der Waals surface area (Å²) in [6.45, 7) is 2.13. The summed E-state index contributed by atoms with van der Waals surface area (Å²) in [6, 6.07) is 1.60. The molecule has 4 nitrogen and oxygen atoms in total. The Bertz CT molecular complexity index is 365. The third kappa shape index (κ3) is 3.68. The second-order valence-corrected chi connectivity index (χ2v) is 5.43. The molecule has 0 aliphatic rings. The normalized spacial score (nSPS) is 12.6. The van der Waals surface area contributed by atoms with Crippen molar-refractivity contribution in [2.24, 2.45) is 5.84 Å². The first kappa shape index (κ1) is 13.9. The van der Waals surface area contributed by atoms with Crippen LogP contribution in [0.1, 0.15) is 13.3 Å². The molecule has 1 heterocycles. The van der Waals surface area contributed by atoms with Gasteiger partial charge < -0.3 is 10.5 Å². The molecule has 7 heteroatoms. The largest absolute Gasteiger partial charge is 0.396 e. The molecule has 0 radical (unpaired) electrons. The Morgan fingerprint density at radius 3 is 2.81 bits per heavy atom. The summed E-state index contributed by atoms with van der Waals surface area (Å²) in [5, 5.41) is 10.6. The van der Waals surface area contributed by atoms with E-state index in [0.29, 0.717) is 27.3 Å². The Hall–Kier alpha value is -0.200. The Morgan fingerprint density at radius 1 is 1.56 bits per heavy atom. The number of hydrogen-bond acceptors (Lipinski definition) is 5. The number of halogens is 2. The van der Waals surface area contributed by atoms with E-state index in [9.17, 15) is 0 Å². The van der Waals surface area contributed by atoms with Crippen molar-refractivity contribution in [3.8, 4) is 0 Å². The molecule has 1 aromatic heterocycles. The fraction of sp³-hybridized carbons (Fsp3) is 0.444. The molecule has 1 aromatic rings. The summed E-state index contributed by atoms with van der Waals surface area (Å²) >= 11 is 13.3. The standard InChI is InChI=1S/C9H13Cl2N3OS/c1-5(2-3-15)16-9-7(11)4-6(10)8(13-9)14-12/h4-5,15H,2-3,12H2,1H3,(H,13,14). The van der Waals surface area contributed by atoms with Crippen LogP contribution in [-0.4, -0.2) is 21.9 Å². The molecule has 90 valence electrons. The average Bonchev–Trinajstić information content (AvgIpc) is 2.22. The van der Waals surface area contributed by atoms with Gasteiger partial charge in [0.2, 0.25) is 0 Å². The van der Waals surface area contributed by atoms with E-state index in [1.54, 1.807) is 6.07 Å². The molecule has 1 atom stereocenters. The minimum absolute atomic E-state index is 0.140. The van der Waals surface area contributed by atoms with E-state index in [1.165, 1.54) is 11.8 Å². The number of nitrogens with one attached hydrogen (secondary N) is 1. The summed E-state index contributed by atoms with van der Waals surface area (Å²) in [6.07, 6.45) is 0.677. The fourth-order valence-electron chi connectivity index (χ4n) is 1.06. The van der Waals surface area contributed by atoms with Gasteiger partial charge >= 0.3 is 0 Å². The lowest BCUT2D eigenvalue weighted by molar-refractivity contribution is 0.289. The molecule has 0 aliphatic heterocycles. The zero-order valence-electron chi connectivity index (χ0n) is 8.70. The minimum atomic E-state index is 0.140. The molecule has 0 aromatic carbocycles. The minimum Gasteiger partial charge on any atom is -0.396 e. The number of nitrogen functional groups attached to an aromatic ring is 1. The first-order chi connectivity index (χ1) is 7.58. The van der Waals surface area contributed by atoms with Crippen molar-refractivity contribution in [1.82, 2.24) is 4.98 Å². The summed E-state index contributed by atoms with van der Waals surface area (Å²) in [5.74, 6) is 5.66. The highest BCUT2D eigenvalue weighted by atomic mass is 35.5. The number of nitrogens with two attached hydrogens (primary N) is 1. The third-order valence-corrected chi connectivity index (χ3v) is 3.74. The number of aromatic nitrogens is 1. The van der Waals surface area contributed by atoms with Crippen LogP contribution in [0, 0.1) is 0 Å². The maximum absolute atomic E-state index is 8.81. The first-order valence-electron chi connectivity index (χ1n) is 4.68. The van der Waals surface area contributed by atoms with E-state index in [4.69, 9.17) is 34.2 Å². The second kappa shape index (κ2) is 6.51. The third-order valence-electron chi connectivity index (χ3n) is 1.88. The van der Waals surface area contributed by atoms with Gasteiger partial charge in [-0.3, -0.25) is 0 Å². The Labute approximate surface area is 108 Å². The highest BCUT2D eigenvalue weighted by Gasteiger charge is 2.12. The molecule has 0 spiro atoms. The van der Waals surface area contributed by atoms with Gasteiger partial charge in [-0.1, -0.05) is 30.1 Å². The predicted octanol–water partition coefficient (Wildman–Crippen LogP) is 2.54. The predicted molar refractivity (Wildman–Crippen MR) is 69.1 cm³/mol. The van der Waals surface area contributed by atoms with Crippen LogP contribution in [0.3, 0.4) is 0 Å². The monoisotopic (exact) mass is 281 g/mol. The van der Waals surface area contributed by atoms with Gasteiger partial charge in [-0.15, -0.1) is 11.8 Å². The summed E-state index contributed by atoms with van der Waals surface area (Å²) in [4.78, 5) is 4.19. The lowest BCUT2D eigenvalue weighted by Crippen LogP contribution is -2.10. The van der Waals surface area contributed by atoms with Gasteiger partial charge in [-0.05, 0) is 12.5 Å². The van der Waals surface area contributed by atoms with Crippen molar-refractivity contribution in [3.63, 3.8) is 0 Å². The quantitative estimate of drug-likeness (QED) is 0.440. The zero-order valence-corrected chi connectivity index (χ0v) is 11.0. The van der Waals surface area contributed by atoms with Crippen molar-refractivity contribution in [2.75, 3.05) is 12.0 Å². The van der Waals surface area contributed by atoms with Gasteiger partial charge in [0, 0.05) is 11.9 Å². The van der Waals surface area contributed by atoms with Crippen LogP contribution >= 0.6 is 35.0 Å². The number of anilines is 1. The molecule has 4 N–H and O–H groups in total. The lowest BCUT2D eigenvalue weighted by atomic mass is 10.3. The zero-order chi connectivity index (χ0) is 12.1. The number of thioether (sulfide) groups is 1. The molecule has 1 rings (SSSR count). The lowest BCUT2D eigenvalue weighted by Gasteiger charge is -2.12. The number of pyridine rings is 1. The van der Waals surface area contributed by atoms with Crippen LogP contribution in [0.5, 0.6) is 0 Å². The molecule has 0 amide bonds. The molecule has 1 unspecified atom stereocenters. The van der Waals surface area contributed by atoms with E-state index >= 15 is 0 Å². The smallest absolute Gasteiger partial charge is 0.160 e. The van der Waals surface area contributed by atoms with Crippen LogP contribution in [0.25, 0.3) is 0 Å². The highest BCUT2D eigenvalue weighted by molar-refractivity contribution is 7.99. The van der Waals surface area contributed by atoms with Crippen molar-refractivity contribution in [2.45, 2.75) is 23.6 Å². The molecule has 0 bridgehead atoms. The second-order valence-electron chi connectivity index (χ2n) is 3.19. The van der Waals surface area contributed by atoms with Gasteiger partial charge in [0.1, 0.15) is 5.03 Å². The summed E-state index contributed by atoms with van der Waals surface area (Å²) < 4.78 is 0. The molecular weight excluding hydrogens is 269 g/mol. The van der Waals surface area contributed by atoms with Crippen LogP contribution in [0.4, 0.5) is 5.82 Å². The molecule has 16 heavy (non-hydrogen) atoms. The van der Waals surface area contributed by atoms with Crippen LogP contribution in [0.2, 0.25) is 10.0 Å². The van der Waals surface area contributed by atoms with Crippen molar-refractivity contribution >= 4 is 40.8 Å². The van der Waals surface area contributed by atoms with Crippen LogP contribution in [-0.2, 0) is 0 Å². The van der Waals surface area contributed by atoms with Crippen molar-refractivity contribution in [3.05, 3.63) is 16.1 Å². The number of aliphatic hydroxyl groups excluding tert-OH is 1. The Balaban J connectivity index is 2.87. The van der Waals surface area contributed by atoms with Crippen molar-refractivity contribution < 1.29 is 5.11 Å². The van der Waals surface area contributed by atoms with Crippen LogP contribution in [0.15, 0.2) is 11.1 Å². The van der Waals surface area contributed by atoms with E-state index in [1.807, 2.05) is 6.92 Å². The number of hydrogen-bond donors (Lipinski definition) is 3. The van der Waals surface area contributed by atoms with E-state index < -0.39 is 0 Å². The first-order valence-corrected chi connectivity index (χ1v) is 6.32. The van der Waals surface area contributed by atoms with Gasteiger partial charge in [0.15, 0.2) is 5.82 Å². The number of aliphatic hydroxyl groups is 1. The summed E-state index contributed by atoms with van der Waals surface area (Å²) in [5.41, 5.74) is 2.40. The average molecular weight is 282 g/mol. The van der Waals surface area contributed by atoms with Gasteiger partial charge in [-0.25, -0.2) is 10.8 Å². The topological polar surface area (TPSA) is 71.2 Å². The molecule has 0 saturated heterocycles. The summed E-state index contributed by atoms with van der Waals surface area (Å²) in [7, 11) is 0. The molecule has 0 saturated carbocycles. The number of rotatable bonds is 5. The highest BCUT2D eigenvalue weighted by Crippen LogP contribution is 2.34. The van der Waals surface area contributed by atoms with E-state index in [2.05, 4.69) is 10.4 Å². The Kier molecular flexibility index (Phi) is 5.64. The Morgan fingerprint density at radius 2 is 2.25 bits per heavy atom. The SMILES string of the molecule is CC(CCO)Sc1nc(NN)c(Cl)cc1Cl. The molecule has 0 aliphatic carbocycles. The molecule has 0 fully saturated rings. The van der Waals surface area contributed by atoms with Gasteiger partial charge in [0.05, 0.1) is 10.0 Å². The van der Waals surface area contributed by atoms with E-state index in [0.717, 1.165) is 0 Å². The van der Waals surface area contributed by atoms with Gasteiger partial charge in [-0.2, -0.15) is 0 Å². The number of hydrazine groups is 1. The fourth-order valence-corrected chi connectivity index (χ4v) is 2.53. The van der Waals surface area contributed by atoms with E-state index in [-0.39, 0.29) is 11.9 Å². The number of nitrogens with zero attached hydrogens (tertiary/aromatic N) is 1.